The van der Waals surface area contributed by atoms with Crippen LogP contribution in [-0.2, 0) is 11.4 Å². The zero-order chi connectivity index (χ0) is 24.0. The van der Waals surface area contributed by atoms with Gasteiger partial charge >= 0.3 is 0 Å². The number of anilines is 1. The third kappa shape index (κ3) is 5.60. The normalized spacial score (nSPS) is 10.8. The minimum absolute atomic E-state index is 0.206. The van der Waals surface area contributed by atoms with Gasteiger partial charge in [0.25, 0.3) is 5.91 Å². The SMILES string of the molecule is CNC(=O)c1cccc(NC(=O)/C=C/c2ccc(OCc3c(C)noc3C)c(OC)c2)c1C. The molecule has 0 saturated heterocycles. The first-order valence-electron chi connectivity index (χ1n) is 10.4. The fourth-order valence-corrected chi connectivity index (χ4v) is 3.26. The first-order valence-corrected chi connectivity index (χ1v) is 10.4. The molecule has 1 aromatic heterocycles. The van der Waals surface area contributed by atoms with E-state index in [9.17, 15) is 9.59 Å². The maximum Gasteiger partial charge on any atom is 0.251 e. The summed E-state index contributed by atoms with van der Waals surface area (Å²) in [7, 11) is 3.12. The second-order valence-electron chi connectivity index (χ2n) is 7.38. The van der Waals surface area contributed by atoms with Crippen LogP contribution in [0.25, 0.3) is 6.08 Å². The molecule has 0 fully saturated rings. The van der Waals surface area contributed by atoms with Crippen molar-refractivity contribution in [2.24, 2.45) is 0 Å². The fourth-order valence-electron chi connectivity index (χ4n) is 3.26. The molecule has 2 N–H and O–H groups in total. The Kier molecular flexibility index (Phi) is 7.50. The molecule has 2 aromatic carbocycles. The van der Waals surface area contributed by atoms with Gasteiger partial charge in [-0.3, -0.25) is 9.59 Å². The molecule has 0 spiro atoms. The Morgan fingerprint density at radius 1 is 1.12 bits per heavy atom. The number of hydrogen-bond donors (Lipinski definition) is 2. The maximum absolute atomic E-state index is 12.4. The number of nitrogens with one attached hydrogen (secondary N) is 2. The molecule has 3 aromatic rings. The van der Waals surface area contributed by atoms with Crippen molar-refractivity contribution < 1.29 is 23.6 Å². The monoisotopic (exact) mass is 449 g/mol. The summed E-state index contributed by atoms with van der Waals surface area (Å²) in [4.78, 5) is 24.4. The number of carbonyl (C=O) groups is 2. The Morgan fingerprint density at radius 2 is 1.91 bits per heavy atom. The molecule has 3 rings (SSSR count). The summed E-state index contributed by atoms with van der Waals surface area (Å²) < 4.78 is 16.5. The number of nitrogens with zero attached hydrogens (tertiary/aromatic N) is 1. The number of ether oxygens (including phenoxy) is 2. The summed E-state index contributed by atoms with van der Waals surface area (Å²) in [6.07, 6.45) is 3.10. The lowest BCUT2D eigenvalue weighted by atomic mass is 10.1. The molecule has 0 aliphatic rings. The highest BCUT2D eigenvalue weighted by Gasteiger charge is 2.13. The molecule has 8 nitrogen and oxygen atoms in total. The van der Waals surface area contributed by atoms with Crippen molar-refractivity contribution in [3.63, 3.8) is 0 Å². The minimum atomic E-state index is -0.315. The van der Waals surface area contributed by atoms with Gasteiger partial charge in [0.15, 0.2) is 11.5 Å². The van der Waals surface area contributed by atoms with Gasteiger partial charge in [0.2, 0.25) is 5.91 Å². The molecule has 172 valence electrons. The number of amides is 2. The molecule has 0 aliphatic carbocycles. The van der Waals surface area contributed by atoms with Gasteiger partial charge in [0.1, 0.15) is 12.4 Å². The van der Waals surface area contributed by atoms with Gasteiger partial charge in [-0.15, -0.1) is 0 Å². The van der Waals surface area contributed by atoms with Crippen LogP contribution in [0.1, 0.15) is 38.5 Å². The third-order valence-corrected chi connectivity index (χ3v) is 5.23. The number of benzene rings is 2. The summed E-state index contributed by atoms with van der Waals surface area (Å²) in [6, 6.07) is 10.6. The molecule has 0 aliphatic heterocycles. The van der Waals surface area contributed by atoms with E-state index >= 15 is 0 Å². The molecule has 0 radical (unpaired) electrons. The molecule has 0 atom stereocenters. The Bertz CT molecular complexity index is 1180. The lowest BCUT2D eigenvalue weighted by Gasteiger charge is -2.11. The van der Waals surface area contributed by atoms with Crippen LogP contribution in [0.15, 0.2) is 47.0 Å². The molecule has 0 bridgehead atoms. The first-order chi connectivity index (χ1) is 15.8. The standard InChI is InChI=1S/C25H27N3O5/c1-15-19(25(30)26-4)7-6-8-21(15)27-24(29)12-10-18-9-11-22(23(13-18)31-5)32-14-20-16(2)28-33-17(20)3/h6-13H,14H2,1-5H3,(H,26,30)(H,27,29)/b12-10+. The van der Waals surface area contributed by atoms with Crippen molar-refractivity contribution >= 4 is 23.6 Å². The average molecular weight is 450 g/mol. The summed E-state index contributed by atoms with van der Waals surface area (Å²) >= 11 is 0. The van der Waals surface area contributed by atoms with E-state index in [0.29, 0.717) is 40.7 Å². The molecular weight excluding hydrogens is 422 g/mol. The van der Waals surface area contributed by atoms with Crippen LogP contribution in [0.2, 0.25) is 0 Å². The molecular formula is C25H27N3O5. The number of rotatable bonds is 8. The van der Waals surface area contributed by atoms with E-state index in [4.69, 9.17) is 14.0 Å². The van der Waals surface area contributed by atoms with Crippen LogP contribution in [-0.4, -0.2) is 31.1 Å². The van der Waals surface area contributed by atoms with Gasteiger partial charge in [-0.25, -0.2) is 0 Å². The Balaban J connectivity index is 1.68. The van der Waals surface area contributed by atoms with E-state index in [1.54, 1.807) is 57.5 Å². The molecule has 0 unspecified atom stereocenters. The zero-order valence-electron chi connectivity index (χ0n) is 19.3. The highest BCUT2D eigenvalue weighted by molar-refractivity contribution is 6.04. The van der Waals surface area contributed by atoms with Gasteiger partial charge in [-0.05, 0) is 62.2 Å². The fraction of sp³-hybridized carbons (Fsp3) is 0.240. The van der Waals surface area contributed by atoms with E-state index in [1.165, 1.54) is 6.08 Å². The Hall–Kier alpha value is -4.07. The van der Waals surface area contributed by atoms with Crippen molar-refractivity contribution in [1.82, 2.24) is 10.5 Å². The van der Waals surface area contributed by atoms with Gasteiger partial charge in [-0.1, -0.05) is 17.3 Å². The molecule has 8 heteroatoms. The van der Waals surface area contributed by atoms with Crippen molar-refractivity contribution in [3.8, 4) is 11.5 Å². The summed E-state index contributed by atoms with van der Waals surface area (Å²) in [5, 5.41) is 9.33. The van der Waals surface area contributed by atoms with E-state index in [1.807, 2.05) is 19.9 Å². The topological polar surface area (TPSA) is 103 Å². The number of hydrogen-bond acceptors (Lipinski definition) is 6. The molecule has 1 heterocycles. The van der Waals surface area contributed by atoms with Crippen molar-refractivity contribution in [3.05, 3.63) is 76.2 Å². The van der Waals surface area contributed by atoms with Gasteiger partial charge in [-0.2, -0.15) is 0 Å². The van der Waals surface area contributed by atoms with E-state index in [-0.39, 0.29) is 11.8 Å². The second-order valence-corrected chi connectivity index (χ2v) is 7.38. The van der Waals surface area contributed by atoms with Gasteiger partial charge in [0, 0.05) is 24.4 Å². The quantitative estimate of drug-likeness (QED) is 0.500. The number of aryl methyl sites for hydroxylation is 2. The second kappa shape index (κ2) is 10.5. The summed E-state index contributed by atoms with van der Waals surface area (Å²) in [5.74, 6) is 1.31. The third-order valence-electron chi connectivity index (χ3n) is 5.23. The Morgan fingerprint density at radius 3 is 2.58 bits per heavy atom. The predicted octanol–water partition coefficient (Wildman–Crippen LogP) is 4.20. The summed E-state index contributed by atoms with van der Waals surface area (Å²) in [5.41, 5.74) is 4.23. The van der Waals surface area contributed by atoms with E-state index in [0.717, 1.165) is 16.8 Å². The summed E-state index contributed by atoms with van der Waals surface area (Å²) in [6.45, 7) is 5.80. The van der Waals surface area contributed by atoms with Crippen LogP contribution in [0, 0.1) is 20.8 Å². The largest absolute Gasteiger partial charge is 0.493 e. The van der Waals surface area contributed by atoms with Crippen LogP contribution < -0.4 is 20.1 Å². The maximum atomic E-state index is 12.4. The van der Waals surface area contributed by atoms with Crippen LogP contribution in [0.4, 0.5) is 5.69 Å². The van der Waals surface area contributed by atoms with Crippen LogP contribution in [0.3, 0.4) is 0 Å². The first kappa shape index (κ1) is 23.6. The minimum Gasteiger partial charge on any atom is -0.493 e. The van der Waals surface area contributed by atoms with E-state index < -0.39 is 0 Å². The highest BCUT2D eigenvalue weighted by Crippen LogP contribution is 2.30. The lowest BCUT2D eigenvalue weighted by Crippen LogP contribution is -2.20. The van der Waals surface area contributed by atoms with Gasteiger partial charge in [0.05, 0.1) is 18.4 Å². The predicted molar refractivity (Wildman–Crippen MR) is 126 cm³/mol. The van der Waals surface area contributed by atoms with Crippen molar-refractivity contribution in [2.45, 2.75) is 27.4 Å². The van der Waals surface area contributed by atoms with Gasteiger partial charge < -0.3 is 24.6 Å². The number of methoxy groups -OCH3 is 1. The zero-order valence-corrected chi connectivity index (χ0v) is 19.3. The molecule has 33 heavy (non-hydrogen) atoms. The number of aromatic nitrogens is 1. The van der Waals surface area contributed by atoms with Crippen molar-refractivity contribution in [1.29, 1.82) is 0 Å². The van der Waals surface area contributed by atoms with Crippen molar-refractivity contribution in [2.75, 3.05) is 19.5 Å². The Labute approximate surface area is 192 Å². The van der Waals surface area contributed by atoms with E-state index in [2.05, 4.69) is 15.8 Å². The smallest absolute Gasteiger partial charge is 0.251 e. The van der Waals surface area contributed by atoms with Crippen LogP contribution in [0.5, 0.6) is 11.5 Å². The lowest BCUT2D eigenvalue weighted by molar-refractivity contribution is -0.111. The number of carbonyl (C=O) groups excluding carboxylic acids is 2. The highest BCUT2D eigenvalue weighted by atomic mass is 16.5. The average Bonchev–Trinajstić information content (AvgIpc) is 3.14. The molecule has 0 saturated carbocycles. The molecule has 2 amide bonds. The van der Waals surface area contributed by atoms with Crippen LogP contribution >= 0.6 is 0 Å².